The molecule has 5 nitrogen and oxygen atoms in total. The molecular weight excluding hydrogens is 424 g/mol. The molecule has 0 saturated carbocycles. The SMILES string of the molecule is CC(C)(C)c1ccc(C2/C(=C(/O)c3ccc(Cl)cc3)C(=O)C(=O)N2c2ccccn2)cc1. The Morgan fingerprint density at radius 3 is 2.19 bits per heavy atom. The van der Waals surface area contributed by atoms with Crippen molar-refractivity contribution in [3.05, 3.63) is 100 Å². The number of aromatic nitrogens is 1. The highest BCUT2D eigenvalue weighted by Crippen LogP contribution is 2.42. The van der Waals surface area contributed by atoms with Gasteiger partial charge in [-0.2, -0.15) is 0 Å². The number of hydrogen-bond acceptors (Lipinski definition) is 4. The lowest BCUT2D eigenvalue weighted by atomic mass is 9.85. The number of halogens is 1. The molecule has 3 aromatic rings. The maximum atomic E-state index is 13.1. The van der Waals surface area contributed by atoms with Crippen LogP contribution in [0.25, 0.3) is 5.76 Å². The van der Waals surface area contributed by atoms with Gasteiger partial charge in [-0.05, 0) is 52.9 Å². The van der Waals surface area contributed by atoms with Crippen molar-refractivity contribution in [3.8, 4) is 0 Å². The largest absolute Gasteiger partial charge is 0.507 e. The van der Waals surface area contributed by atoms with Crippen molar-refractivity contribution in [1.29, 1.82) is 0 Å². The van der Waals surface area contributed by atoms with E-state index < -0.39 is 17.7 Å². The molecule has 162 valence electrons. The number of carbonyl (C=O) groups is 2. The smallest absolute Gasteiger partial charge is 0.301 e. The van der Waals surface area contributed by atoms with Crippen LogP contribution in [-0.4, -0.2) is 21.8 Å². The average Bonchev–Trinajstić information content (AvgIpc) is 3.04. The van der Waals surface area contributed by atoms with Crippen LogP contribution in [-0.2, 0) is 15.0 Å². The third-order valence-corrected chi connectivity index (χ3v) is 5.80. The Balaban J connectivity index is 1.91. The molecule has 32 heavy (non-hydrogen) atoms. The molecule has 6 heteroatoms. The molecule has 1 aliphatic heterocycles. The fraction of sp³-hybridized carbons (Fsp3) is 0.192. The first-order chi connectivity index (χ1) is 15.2. The van der Waals surface area contributed by atoms with E-state index in [1.807, 2.05) is 24.3 Å². The molecule has 1 aromatic heterocycles. The normalized spacial score (nSPS) is 18.2. The molecule has 1 amide bonds. The van der Waals surface area contributed by atoms with Gasteiger partial charge in [-0.15, -0.1) is 0 Å². The number of carbonyl (C=O) groups excluding carboxylic acids is 2. The third kappa shape index (κ3) is 3.92. The second-order valence-electron chi connectivity index (χ2n) is 8.74. The molecule has 0 radical (unpaired) electrons. The van der Waals surface area contributed by atoms with Crippen LogP contribution < -0.4 is 4.90 Å². The molecule has 0 bridgehead atoms. The van der Waals surface area contributed by atoms with Crippen molar-refractivity contribution in [1.82, 2.24) is 4.98 Å². The van der Waals surface area contributed by atoms with Crippen LogP contribution in [0.15, 0.2) is 78.5 Å². The Bertz CT molecular complexity index is 1190. The summed E-state index contributed by atoms with van der Waals surface area (Å²) in [6.07, 6.45) is 1.56. The summed E-state index contributed by atoms with van der Waals surface area (Å²) in [5, 5.41) is 11.6. The Morgan fingerprint density at radius 1 is 0.969 bits per heavy atom. The predicted molar refractivity (Wildman–Crippen MR) is 126 cm³/mol. The second kappa shape index (κ2) is 8.24. The number of benzene rings is 2. The summed E-state index contributed by atoms with van der Waals surface area (Å²) in [6.45, 7) is 6.34. The fourth-order valence-electron chi connectivity index (χ4n) is 3.81. The van der Waals surface area contributed by atoms with Crippen molar-refractivity contribution >= 4 is 34.9 Å². The van der Waals surface area contributed by atoms with Gasteiger partial charge in [0, 0.05) is 16.8 Å². The van der Waals surface area contributed by atoms with Gasteiger partial charge in [-0.1, -0.05) is 62.7 Å². The van der Waals surface area contributed by atoms with E-state index in [4.69, 9.17) is 11.6 Å². The van der Waals surface area contributed by atoms with E-state index in [0.717, 1.165) is 5.56 Å². The van der Waals surface area contributed by atoms with Crippen molar-refractivity contribution in [2.24, 2.45) is 0 Å². The molecular formula is C26H23ClN2O3. The number of rotatable bonds is 3. The van der Waals surface area contributed by atoms with Gasteiger partial charge >= 0.3 is 5.91 Å². The summed E-state index contributed by atoms with van der Waals surface area (Å²) < 4.78 is 0. The van der Waals surface area contributed by atoms with E-state index in [0.29, 0.717) is 22.0 Å². The maximum Gasteiger partial charge on any atom is 0.301 e. The lowest BCUT2D eigenvalue weighted by molar-refractivity contribution is -0.132. The van der Waals surface area contributed by atoms with Crippen molar-refractivity contribution in [2.45, 2.75) is 32.2 Å². The number of aliphatic hydroxyl groups is 1. The zero-order valence-electron chi connectivity index (χ0n) is 18.0. The second-order valence-corrected chi connectivity index (χ2v) is 9.17. The lowest BCUT2D eigenvalue weighted by Crippen LogP contribution is -2.30. The predicted octanol–water partition coefficient (Wildman–Crippen LogP) is 5.66. The van der Waals surface area contributed by atoms with Crippen LogP contribution in [0.5, 0.6) is 0 Å². The summed E-state index contributed by atoms with van der Waals surface area (Å²) in [4.78, 5) is 31.8. The summed E-state index contributed by atoms with van der Waals surface area (Å²) in [6, 6.07) is 18.6. The quantitative estimate of drug-likeness (QED) is 0.320. The standard InChI is InChI=1S/C26H23ClN2O3/c1-26(2,3)18-11-7-16(8-12-18)22-21(23(30)17-9-13-19(27)14-10-17)24(31)25(32)29(22)20-6-4-5-15-28-20/h4-15,22,30H,1-3H3/b23-21-. The van der Waals surface area contributed by atoms with Gasteiger partial charge in [-0.25, -0.2) is 4.98 Å². The number of pyridine rings is 1. The van der Waals surface area contributed by atoms with E-state index >= 15 is 0 Å². The highest BCUT2D eigenvalue weighted by molar-refractivity contribution is 6.51. The van der Waals surface area contributed by atoms with E-state index in [1.54, 1.807) is 48.7 Å². The number of hydrogen-bond donors (Lipinski definition) is 1. The molecule has 1 unspecified atom stereocenters. The van der Waals surface area contributed by atoms with E-state index in [2.05, 4.69) is 25.8 Å². The average molecular weight is 447 g/mol. The third-order valence-electron chi connectivity index (χ3n) is 5.55. The number of anilines is 1. The Labute approximate surface area is 192 Å². The summed E-state index contributed by atoms with van der Waals surface area (Å²) >= 11 is 5.97. The van der Waals surface area contributed by atoms with Gasteiger partial charge in [0.05, 0.1) is 11.6 Å². The minimum Gasteiger partial charge on any atom is -0.507 e. The van der Waals surface area contributed by atoms with E-state index in [9.17, 15) is 14.7 Å². The lowest BCUT2D eigenvalue weighted by Gasteiger charge is -2.25. The van der Waals surface area contributed by atoms with E-state index in [-0.39, 0.29) is 16.7 Å². The first kappa shape index (κ1) is 21.8. The minimum absolute atomic E-state index is 0.0199. The van der Waals surface area contributed by atoms with Crippen LogP contribution in [0.2, 0.25) is 5.02 Å². The van der Waals surface area contributed by atoms with Gasteiger partial charge in [0.2, 0.25) is 0 Å². The summed E-state index contributed by atoms with van der Waals surface area (Å²) in [5.41, 5.74) is 2.20. The Kier molecular flexibility index (Phi) is 5.61. The van der Waals surface area contributed by atoms with Crippen molar-refractivity contribution in [2.75, 3.05) is 4.90 Å². The zero-order valence-corrected chi connectivity index (χ0v) is 18.8. The number of nitrogens with zero attached hydrogens (tertiary/aromatic N) is 2. The molecule has 1 fully saturated rings. The van der Waals surface area contributed by atoms with Crippen LogP contribution in [0.4, 0.5) is 5.82 Å². The molecule has 2 heterocycles. The molecule has 0 aliphatic carbocycles. The number of Topliss-reactive ketones (excluding diaryl/α,β-unsaturated/α-hetero) is 1. The maximum absolute atomic E-state index is 13.1. The summed E-state index contributed by atoms with van der Waals surface area (Å²) in [7, 11) is 0. The monoisotopic (exact) mass is 446 g/mol. The molecule has 4 rings (SSSR count). The Hall–Kier alpha value is -3.44. The van der Waals surface area contributed by atoms with Gasteiger partial charge in [0.1, 0.15) is 11.6 Å². The number of aliphatic hydroxyl groups excluding tert-OH is 1. The zero-order chi connectivity index (χ0) is 23.0. The molecule has 1 aliphatic rings. The molecule has 0 spiro atoms. The number of ketones is 1. The van der Waals surface area contributed by atoms with Crippen LogP contribution in [0, 0.1) is 0 Å². The van der Waals surface area contributed by atoms with Crippen LogP contribution in [0.1, 0.15) is 43.5 Å². The van der Waals surface area contributed by atoms with Crippen molar-refractivity contribution in [3.63, 3.8) is 0 Å². The number of amides is 1. The van der Waals surface area contributed by atoms with Crippen molar-refractivity contribution < 1.29 is 14.7 Å². The Morgan fingerprint density at radius 2 is 1.62 bits per heavy atom. The fourth-order valence-corrected chi connectivity index (χ4v) is 3.94. The first-order valence-electron chi connectivity index (χ1n) is 10.3. The summed E-state index contributed by atoms with van der Waals surface area (Å²) in [5.74, 6) is -1.39. The topological polar surface area (TPSA) is 70.5 Å². The van der Waals surface area contributed by atoms with Crippen LogP contribution in [0.3, 0.4) is 0 Å². The van der Waals surface area contributed by atoms with Crippen LogP contribution >= 0.6 is 11.6 Å². The van der Waals surface area contributed by atoms with E-state index in [1.165, 1.54) is 4.90 Å². The molecule has 1 saturated heterocycles. The highest BCUT2D eigenvalue weighted by Gasteiger charge is 2.47. The first-order valence-corrected chi connectivity index (χ1v) is 10.6. The highest BCUT2D eigenvalue weighted by atomic mass is 35.5. The van der Waals surface area contributed by atoms with Gasteiger partial charge in [-0.3, -0.25) is 14.5 Å². The van der Waals surface area contributed by atoms with Gasteiger partial charge in [0.15, 0.2) is 0 Å². The molecule has 1 atom stereocenters. The molecule has 2 aromatic carbocycles. The minimum atomic E-state index is -0.811. The van der Waals surface area contributed by atoms with Gasteiger partial charge < -0.3 is 5.11 Å². The van der Waals surface area contributed by atoms with Gasteiger partial charge in [0.25, 0.3) is 5.78 Å². The molecule has 1 N–H and O–H groups in total.